The summed E-state index contributed by atoms with van der Waals surface area (Å²) >= 11 is 0. The third-order valence-corrected chi connectivity index (χ3v) is 3.47. The monoisotopic (exact) mass is 155 g/mol. The van der Waals surface area contributed by atoms with Gasteiger partial charge in [0.1, 0.15) is 0 Å². The molecule has 3 atom stereocenters. The molecule has 3 unspecified atom stereocenters. The van der Waals surface area contributed by atoms with Gasteiger partial charge in [-0.3, -0.25) is 0 Å². The van der Waals surface area contributed by atoms with Gasteiger partial charge in [0.25, 0.3) is 0 Å². The third kappa shape index (κ3) is 1.00. The van der Waals surface area contributed by atoms with Gasteiger partial charge in [0, 0.05) is 12.0 Å². The van der Waals surface area contributed by atoms with Crippen molar-refractivity contribution in [2.24, 2.45) is 11.3 Å². The second-order valence-electron chi connectivity index (χ2n) is 3.95. The van der Waals surface area contributed by atoms with E-state index in [1.54, 1.807) is 0 Å². The average Bonchev–Trinajstić information content (AvgIpc) is 2.53. The molecule has 0 bridgehead atoms. The SMILES string of the molecule is CNCC1CC12CCOC2C. The lowest BCUT2D eigenvalue weighted by Crippen LogP contribution is -2.20. The van der Waals surface area contributed by atoms with Crippen LogP contribution in [0.2, 0.25) is 0 Å². The number of ether oxygens (including phenoxy) is 1. The first kappa shape index (κ1) is 7.56. The Bertz CT molecular complexity index is 160. The maximum Gasteiger partial charge on any atom is 0.0607 e. The summed E-state index contributed by atoms with van der Waals surface area (Å²) in [7, 11) is 2.03. The van der Waals surface area contributed by atoms with Crippen molar-refractivity contribution in [2.75, 3.05) is 20.2 Å². The molecule has 1 heterocycles. The summed E-state index contributed by atoms with van der Waals surface area (Å²) in [6, 6.07) is 0. The Kier molecular flexibility index (Phi) is 1.69. The molecule has 2 fully saturated rings. The summed E-state index contributed by atoms with van der Waals surface area (Å²) in [6.07, 6.45) is 3.19. The summed E-state index contributed by atoms with van der Waals surface area (Å²) in [5, 5.41) is 3.25. The van der Waals surface area contributed by atoms with Crippen molar-refractivity contribution in [2.45, 2.75) is 25.9 Å². The Labute approximate surface area is 68.3 Å². The average molecular weight is 155 g/mol. The molecule has 1 saturated carbocycles. The van der Waals surface area contributed by atoms with Gasteiger partial charge in [-0.05, 0) is 39.3 Å². The van der Waals surface area contributed by atoms with Gasteiger partial charge < -0.3 is 10.1 Å². The Hall–Kier alpha value is -0.0800. The molecule has 2 heteroatoms. The van der Waals surface area contributed by atoms with Crippen LogP contribution in [0.1, 0.15) is 19.8 Å². The maximum absolute atomic E-state index is 5.58. The van der Waals surface area contributed by atoms with Crippen molar-refractivity contribution in [3.63, 3.8) is 0 Å². The van der Waals surface area contributed by atoms with Gasteiger partial charge in [0.15, 0.2) is 0 Å². The summed E-state index contributed by atoms with van der Waals surface area (Å²) in [5.74, 6) is 0.894. The summed E-state index contributed by atoms with van der Waals surface area (Å²) in [6.45, 7) is 4.39. The normalized spacial score (nSPS) is 48.5. The van der Waals surface area contributed by atoms with Crippen LogP contribution in [0.4, 0.5) is 0 Å². The van der Waals surface area contributed by atoms with E-state index in [0.29, 0.717) is 11.5 Å². The molecule has 1 aliphatic heterocycles. The fourth-order valence-corrected chi connectivity index (χ4v) is 2.52. The standard InChI is InChI=1S/C9H17NO/c1-7-9(3-4-11-7)5-8(9)6-10-2/h7-8,10H,3-6H2,1-2H3. The third-order valence-electron chi connectivity index (χ3n) is 3.47. The van der Waals surface area contributed by atoms with Gasteiger partial charge >= 0.3 is 0 Å². The van der Waals surface area contributed by atoms with E-state index in [1.807, 2.05) is 7.05 Å². The summed E-state index contributed by atoms with van der Waals surface area (Å²) in [4.78, 5) is 0. The number of hydrogen-bond donors (Lipinski definition) is 1. The zero-order chi connectivity index (χ0) is 7.90. The summed E-state index contributed by atoms with van der Waals surface area (Å²) < 4.78 is 5.58. The van der Waals surface area contributed by atoms with Gasteiger partial charge in [-0.15, -0.1) is 0 Å². The lowest BCUT2D eigenvalue weighted by molar-refractivity contribution is 0.0953. The predicted molar refractivity (Wildman–Crippen MR) is 44.5 cm³/mol. The minimum atomic E-state index is 0.515. The van der Waals surface area contributed by atoms with Crippen molar-refractivity contribution in [3.05, 3.63) is 0 Å². The Morgan fingerprint density at radius 1 is 1.64 bits per heavy atom. The molecule has 1 aliphatic carbocycles. The number of rotatable bonds is 2. The Morgan fingerprint density at radius 2 is 2.45 bits per heavy atom. The highest BCUT2D eigenvalue weighted by Crippen LogP contribution is 2.60. The highest BCUT2D eigenvalue weighted by atomic mass is 16.5. The highest BCUT2D eigenvalue weighted by molar-refractivity contribution is 5.08. The molecule has 1 N–H and O–H groups in total. The van der Waals surface area contributed by atoms with Crippen LogP contribution in [0.3, 0.4) is 0 Å². The second-order valence-corrected chi connectivity index (χ2v) is 3.95. The molecule has 0 radical (unpaired) electrons. The topological polar surface area (TPSA) is 21.3 Å². The molecular weight excluding hydrogens is 138 g/mol. The molecule has 64 valence electrons. The van der Waals surface area contributed by atoms with Crippen molar-refractivity contribution < 1.29 is 4.74 Å². The van der Waals surface area contributed by atoms with Crippen molar-refractivity contribution in [1.82, 2.24) is 5.32 Å². The molecule has 2 aliphatic rings. The zero-order valence-electron chi connectivity index (χ0n) is 7.39. The first-order valence-electron chi connectivity index (χ1n) is 4.56. The predicted octanol–water partition coefficient (Wildman–Crippen LogP) is 1.02. The second kappa shape index (κ2) is 2.46. The number of nitrogens with one attached hydrogen (secondary N) is 1. The molecular formula is C9H17NO. The van der Waals surface area contributed by atoms with Crippen LogP contribution in [-0.2, 0) is 4.74 Å². The molecule has 0 amide bonds. The first-order chi connectivity index (χ1) is 5.29. The van der Waals surface area contributed by atoms with Crippen LogP contribution in [0, 0.1) is 11.3 Å². The quantitative estimate of drug-likeness (QED) is 0.643. The zero-order valence-corrected chi connectivity index (χ0v) is 7.39. The minimum absolute atomic E-state index is 0.515. The van der Waals surface area contributed by atoms with Crippen LogP contribution in [0.5, 0.6) is 0 Å². The van der Waals surface area contributed by atoms with Gasteiger partial charge in [-0.25, -0.2) is 0 Å². The first-order valence-corrected chi connectivity index (χ1v) is 4.56. The van der Waals surface area contributed by atoms with E-state index in [9.17, 15) is 0 Å². The fourth-order valence-electron chi connectivity index (χ4n) is 2.52. The van der Waals surface area contributed by atoms with Crippen molar-refractivity contribution in [3.8, 4) is 0 Å². The van der Waals surface area contributed by atoms with E-state index in [2.05, 4.69) is 12.2 Å². The smallest absolute Gasteiger partial charge is 0.0607 e. The molecule has 2 nitrogen and oxygen atoms in total. The van der Waals surface area contributed by atoms with E-state index in [4.69, 9.17) is 4.74 Å². The van der Waals surface area contributed by atoms with Crippen LogP contribution < -0.4 is 5.32 Å². The fraction of sp³-hybridized carbons (Fsp3) is 1.00. The number of hydrogen-bond acceptors (Lipinski definition) is 2. The molecule has 1 saturated heterocycles. The van der Waals surface area contributed by atoms with Crippen molar-refractivity contribution in [1.29, 1.82) is 0 Å². The van der Waals surface area contributed by atoms with Gasteiger partial charge in [-0.2, -0.15) is 0 Å². The molecule has 0 aromatic heterocycles. The summed E-state index contributed by atoms with van der Waals surface area (Å²) in [5.41, 5.74) is 0.586. The van der Waals surface area contributed by atoms with E-state index in [0.717, 1.165) is 12.5 Å². The van der Waals surface area contributed by atoms with E-state index in [1.165, 1.54) is 19.4 Å². The molecule has 1 spiro atoms. The minimum Gasteiger partial charge on any atom is -0.378 e. The van der Waals surface area contributed by atoms with Crippen LogP contribution in [0.15, 0.2) is 0 Å². The largest absolute Gasteiger partial charge is 0.378 e. The van der Waals surface area contributed by atoms with E-state index >= 15 is 0 Å². The van der Waals surface area contributed by atoms with Gasteiger partial charge in [0.05, 0.1) is 6.10 Å². The lowest BCUT2D eigenvalue weighted by atomic mass is 9.96. The maximum atomic E-state index is 5.58. The van der Waals surface area contributed by atoms with Gasteiger partial charge in [0.2, 0.25) is 0 Å². The Balaban J connectivity index is 1.94. The highest BCUT2D eigenvalue weighted by Gasteiger charge is 2.59. The molecule has 0 aromatic rings. The van der Waals surface area contributed by atoms with Crippen LogP contribution in [0.25, 0.3) is 0 Å². The van der Waals surface area contributed by atoms with Crippen LogP contribution >= 0.6 is 0 Å². The van der Waals surface area contributed by atoms with E-state index < -0.39 is 0 Å². The van der Waals surface area contributed by atoms with Crippen molar-refractivity contribution >= 4 is 0 Å². The lowest BCUT2D eigenvalue weighted by Gasteiger charge is -2.13. The molecule has 0 aromatic carbocycles. The Morgan fingerprint density at radius 3 is 3.00 bits per heavy atom. The van der Waals surface area contributed by atoms with E-state index in [-0.39, 0.29) is 0 Å². The molecule has 2 rings (SSSR count). The van der Waals surface area contributed by atoms with Crippen LogP contribution in [-0.4, -0.2) is 26.3 Å². The molecule has 11 heavy (non-hydrogen) atoms. The van der Waals surface area contributed by atoms with Gasteiger partial charge in [-0.1, -0.05) is 0 Å².